The van der Waals surface area contributed by atoms with Crippen molar-refractivity contribution >= 4 is 5.91 Å². The van der Waals surface area contributed by atoms with Crippen LogP contribution in [0.2, 0.25) is 0 Å². The first-order valence-corrected chi connectivity index (χ1v) is 6.93. The van der Waals surface area contributed by atoms with Crippen molar-refractivity contribution in [3.8, 4) is 0 Å². The molecule has 1 amide bonds. The monoisotopic (exact) mass is 271 g/mol. The lowest BCUT2D eigenvalue weighted by molar-refractivity contribution is -0.122. The predicted molar refractivity (Wildman–Crippen MR) is 80.2 cm³/mol. The molecule has 1 aromatic carbocycles. The van der Waals surface area contributed by atoms with Gasteiger partial charge in [0, 0.05) is 25.5 Å². The van der Waals surface area contributed by atoms with Crippen LogP contribution >= 0.6 is 0 Å². The van der Waals surface area contributed by atoms with Crippen LogP contribution in [0, 0.1) is 0 Å². The molecule has 1 heterocycles. The Morgan fingerprint density at radius 2 is 1.85 bits per heavy atom. The highest BCUT2D eigenvalue weighted by molar-refractivity contribution is 5.81. The van der Waals surface area contributed by atoms with E-state index in [4.69, 9.17) is 5.73 Å². The molecule has 0 aliphatic rings. The van der Waals surface area contributed by atoms with Gasteiger partial charge in [-0.15, -0.1) is 0 Å². The normalized spacial score (nSPS) is 12.1. The molecule has 2 rings (SSSR count). The van der Waals surface area contributed by atoms with Crippen LogP contribution < -0.4 is 11.1 Å². The SMILES string of the molecule is NC(CCc1ccccc1)C(=O)NCCn1cccc1. The van der Waals surface area contributed by atoms with Gasteiger partial charge in [0.1, 0.15) is 0 Å². The molecule has 20 heavy (non-hydrogen) atoms. The van der Waals surface area contributed by atoms with Gasteiger partial charge in [0.2, 0.25) is 5.91 Å². The Labute approximate surface area is 119 Å². The van der Waals surface area contributed by atoms with E-state index in [1.54, 1.807) is 0 Å². The molecule has 106 valence electrons. The average molecular weight is 271 g/mol. The first-order valence-electron chi connectivity index (χ1n) is 6.93. The summed E-state index contributed by atoms with van der Waals surface area (Å²) in [6, 6.07) is 13.6. The number of aromatic nitrogens is 1. The Bertz CT molecular complexity index is 508. The van der Waals surface area contributed by atoms with Crippen LogP contribution in [-0.4, -0.2) is 23.1 Å². The van der Waals surface area contributed by atoms with Gasteiger partial charge in [-0.25, -0.2) is 0 Å². The molecule has 0 fully saturated rings. The summed E-state index contributed by atoms with van der Waals surface area (Å²) in [7, 11) is 0. The van der Waals surface area contributed by atoms with Crippen molar-refractivity contribution in [3.63, 3.8) is 0 Å². The first kappa shape index (κ1) is 14.3. The molecule has 1 atom stereocenters. The summed E-state index contributed by atoms with van der Waals surface area (Å²) in [5, 5.41) is 2.87. The van der Waals surface area contributed by atoms with Crippen LogP contribution in [0.4, 0.5) is 0 Å². The summed E-state index contributed by atoms with van der Waals surface area (Å²) in [6.45, 7) is 1.37. The molecule has 0 saturated heterocycles. The Kier molecular flexibility index (Phi) is 5.38. The number of carbonyl (C=O) groups excluding carboxylic acids is 1. The van der Waals surface area contributed by atoms with Gasteiger partial charge in [-0.1, -0.05) is 30.3 Å². The van der Waals surface area contributed by atoms with Crippen molar-refractivity contribution in [1.82, 2.24) is 9.88 Å². The second kappa shape index (κ2) is 7.50. The zero-order chi connectivity index (χ0) is 14.2. The van der Waals surface area contributed by atoms with Gasteiger partial charge in [-0.3, -0.25) is 4.79 Å². The van der Waals surface area contributed by atoms with Gasteiger partial charge in [0.25, 0.3) is 0 Å². The minimum Gasteiger partial charge on any atom is -0.353 e. The van der Waals surface area contributed by atoms with E-state index in [0.29, 0.717) is 13.0 Å². The van der Waals surface area contributed by atoms with Crippen molar-refractivity contribution in [3.05, 3.63) is 60.4 Å². The van der Waals surface area contributed by atoms with Crippen LogP contribution in [0.3, 0.4) is 0 Å². The molecule has 0 radical (unpaired) electrons. The molecule has 0 spiro atoms. The van der Waals surface area contributed by atoms with Gasteiger partial charge < -0.3 is 15.6 Å². The lowest BCUT2D eigenvalue weighted by Crippen LogP contribution is -2.41. The van der Waals surface area contributed by atoms with E-state index in [0.717, 1.165) is 13.0 Å². The quantitative estimate of drug-likeness (QED) is 0.803. The molecule has 4 heteroatoms. The highest BCUT2D eigenvalue weighted by Crippen LogP contribution is 2.04. The van der Waals surface area contributed by atoms with Gasteiger partial charge in [-0.2, -0.15) is 0 Å². The third kappa shape index (κ3) is 4.55. The van der Waals surface area contributed by atoms with E-state index >= 15 is 0 Å². The van der Waals surface area contributed by atoms with E-state index in [2.05, 4.69) is 17.4 Å². The number of hydrogen-bond donors (Lipinski definition) is 2. The van der Waals surface area contributed by atoms with E-state index < -0.39 is 6.04 Å². The van der Waals surface area contributed by atoms with Crippen LogP contribution in [0.1, 0.15) is 12.0 Å². The summed E-state index contributed by atoms with van der Waals surface area (Å²) < 4.78 is 2.02. The number of aryl methyl sites for hydroxylation is 1. The van der Waals surface area contributed by atoms with Gasteiger partial charge in [0.15, 0.2) is 0 Å². The molecule has 0 aliphatic heterocycles. The summed E-state index contributed by atoms with van der Waals surface area (Å²) >= 11 is 0. The molecular formula is C16H21N3O. The van der Waals surface area contributed by atoms with Crippen LogP contribution in [0.5, 0.6) is 0 Å². The molecular weight excluding hydrogens is 250 g/mol. The van der Waals surface area contributed by atoms with Crippen molar-refractivity contribution in [2.45, 2.75) is 25.4 Å². The third-order valence-electron chi connectivity index (χ3n) is 3.26. The van der Waals surface area contributed by atoms with Crippen LogP contribution in [-0.2, 0) is 17.8 Å². The molecule has 1 aromatic heterocycles. The number of nitrogens with zero attached hydrogens (tertiary/aromatic N) is 1. The highest BCUT2D eigenvalue weighted by Gasteiger charge is 2.12. The number of benzene rings is 1. The summed E-state index contributed by atoms with van der Waals surface area (Å²) in [5.41, 5.74) is 7.12. The standard InChI is InChI=1S/C16H21N3O/c17-15(9-8-14-6-2-1-3-7-14)16(20)18-10-13-19-11-4-5-12-19/h1-7,11-12,15H,8-10,13,17H2,(H,18,20). The number of amides is 1. The predicted octanol–water partition coefficient (Wildman–Crippen LogP) is 1.56. The second-order valence-corrected chi connectivity index (χ2v) is 4.84. The van der Waals surface area contributed by atoms with E-state index in [-0.39, 0.29) is 5.91 Å². The van der Waals surface area contributed by atoms with E-state index in [1.807, 2.05) is 47.3 Å². The molecule has 0 bridgehead atoms. The van der Waals surface area contributed by atoms with E-state index in [1.165, 1.54) is 5.56 Å². The van der Waals surface area contributed by atoms with Crippen molar-refractivity contribution in [2.24, 2.45) is 5.73 Å². The first-order chi connectivity index (χ1) is 9.75. The fourth-order valence-electron chi connectivity index (χ4n) is 2.06. The van der Waals surface area contributed by atoms with Crippen molar-refractivity contribution in [1.29, 1.82) is 0 Å². The van der Waals surface area contributed by atoms with Crippen LogP contribution in [0.25, 0.3) is 0 Å². The van der Waals surface area contributed by atoms with Gasteiger partial charge in [0.05, 0.1) is 6.04 Å². The Balaban J connectivity index is 1.66. The minimum absolute atomic E-state index is 0.0758. The number of nitrogens with two attached hydrogens (primary N) is 1. The smallest absolute Gasteiger partial charge is 0.236 e. The molecule has 3 N–H and O–H groups in total. The van der Waals surface area contributed by atoms with Gasteiger partial charge in [-0.05, 0) is 30.5 Å². The molecule has 1 unspecified atom stereocenters. The zero-order valence-electron chi connectivity index (χ0n) is 11.5. The van der Waals surface area contributed by atoms with Gasteiger partial charge >= 0.3 is 0 Å². The zero-order valence-corrected chi connectivity index (χ0v) is 11.5. The fourth-order valence-corrected chi connectivity index (χ4v) is 2.06. The van der Waals surface area contributed by atoms with Crippen LogP contribution in [0.15, 0.2) is 54.9 Å². The number of hydrogen-bond acceptors (Lipinski definition) is 2. The Morgan fingerprint density at radius 3 is 2.55 bits per heavy atom. The summed E-state index contributed by atoms with van der Waals surface area (Å²) in [4.78, 5) is 11.8. The van der Waals surface area contributed by atoms with E-state index in [9.17, 15) is 4.79 Å². The summed E-state index contributed by atoms with van der Waals surface area (Å²) in [5.74, 6) is -0.0758. The fraction of sp³-hybridized carbons (Fsp3) is 0.312. The number of nitrogens with one attached hydrogen (secondary N) is 1. The lowest BCUT2D eigenvalue weighted by Gasteiger charge is -2.12. The molecule has 0 saturated carbocycles. The molecule has 4 nitrogen and oxygen atoms in total. The topological polar surface area (TPSA) is 60.1 Å². The maximum Gasteiger partial charge on any atom is 0.236 e. The minimum atomic E-state index is -0.445. The maximum absolute atomic E-state index is 11.8. The van der Waals surface area contributed by atoms with Crippen molar-refractivity contribution in [2.75, 3.05) is 6.54 Å². The number of rotatable bonds is 7. The molecule has 0 aliphatic carbocycles. The lowest BCUT2D eigenvalue weighted by atomic mass is 10.1. The molecule has 2 aromatic rings. The second-order valence-electron chi connectivity index (χ2n) is 4.84. The largest absolute Gasteiger partial charge is 0.353 e. The third-order valence-corrected chi connectivity index (χ3v) is 3.26. The Hall–Kier alpha value is -2.07. The maximum atomic E-state index is 11.8. The van der Waals surface area contributed by atoms with Crippen molar-refractivity contribution < 1.29 is 4.79 Å². The summed E-state index contributed by atoms with van der Waals surface area (Å²) in [6.07, 6.45) is 5.44. The highest BCUT2D eigenvalue weighted by atomic mass is 16.2. The Morgan fingerprint density at radius 1 is 1.15 bits per heavy atom. The average Bonchev–Trinajstić information content (AvgIpc) is 2.99. The number of carbonyl (C=O) groups is 1.